The second kappa shape index (κ2) is 4.90. The van der Waals surface area contributed by atoms with Gasteiger partial charge in [-0.25, -0.2) is 9.97 Å². The van der Waals surface area contributed by atoms with Crippen LogP contribution in [0.15, 0.2) is 11.7 Å². The number of fused-ring (bicyclic) bond motifs is 2. The number of aliphatic hydroxyl groups is 1. The van der Waals surface area contributed by atoms with Crippen LogP contribution in [0.25, 0.3) is 10.2 Å². The maximum atomic E-state index is 9.92. The molecule has 0 amide bonds. The summed E-state index contributed by atoms with van der Waals surface area (Å²) in [5.74, 6) is 1.41. The summed E-state index contributed by atoms with van der Waals surface area (Å²) in [6, 6.07) is 0. The largest absolute Gasteiger partial charge is 0.396 e. The number of aromatic nitrogens is 2. The van der Waals surface area contributed by atoms with Crippen molar-refractivity contribution in [3.63, 3.8) is 0 Å². The third kappa shape index (κ3) is 1.97. The lowest BCUT2D eigenvalue weighted by Crippen LogP contribution is -2.41. The second-order valence-corrected chi connectivity index (χ2v) is 7.10. The second-order valence-electron chi connectivity index (χ2n) is 6.22. The first-order valence-corrected chi connectivity index (χ1v) is 8.24. The van der Waals surface area contributed by atoms with Crippen LogP contribution >= 0.6 is 11.3 Å². The molecule has 2 aromatic rings. The van der Waals surface area contributed by atoms with Gasteiger partial charge in [0.25, 0.3) is 0 Å². The van der Waals surface area contributed by atoms with E-state index in [1.54, 1.807) is 17.7 Å². The van der Waals surface area contributed by atoms with E-state index < -0.39 is 0 Å². The zero-order valence-corrected chi connectivity index (χ0v) is 12.9. The molecule has 4 heterocycles. The molecule has 5 nitrogen and oxygen atoms in total. The maximum absolute atomic E-state index is 9.92. The molecule has 2 saturated heterocycles. The van der Waals surface area contributed by atoms with E-state index in [0.717, 1.165) is 48.8 Å². The summed E-state index contributed by atoms with van der Waals surface area (Å²) in [6.07, 6.45) is 2.59. The summed E-state index contributed by atoms with van der Waals surface area (Å²) in [5.41, 5.74) is 2.23. The third-order valence-corrected chi connectivity index (χ3v) is 6.09. The molecule has 0 aliphatic carbocycles. The Balaban J connectivity index is 1.73. The lowest BCUT2D eigenvalue weighted by Gasteiger charge is -2.36. The van der Waals surface area contributed by atoms with Crippen LogP contribution in [-0.2, 0) is 4.74 Å². The van der Waals surface area contributed by atoms with Gasteiger partial charge in [0.1, 0.15) is 12.1 Å². The van der Waals surface area contributed by atoms with Crippen LogP contribution in [0.5, 0.6) is 0 Å². The van der Waals surface area contributed by atoms with Crippen molar-refractivity contribution in [2.24, 2.45) is 11.3 Å². The number of hydrogen-bond acceptors (Lipinski definition) is 6. The molecule has 2 aliphatic rings. The lowest BCUT2D eigenvalue weighted by molar-refractivity contribution is -0.0410. The van der Waals surface area contributed by atoms with Gasteiger partial charge in [-0.1, -0.05) is 0 Å². The van der Waals surface area contributed by atoms with Gasteiger partial charge in [-0.05, 0) is 24.3 Å². The quantitative estimate of drug-likeness (QED) is 0.917. The van der Waals surface area contributed by atoms with E-state index >= 15 is 0 Å². The highest BCUT2D eigenvalue weighted by Gasteiger charge is 2.48. The molecule has 2 aliphatic heterocycles. The first kappa shape index (κ1) is 13.4. The molecule has 0 spiro atoms. The zero-order chi connectivity index (χ0) is 14.4. The van der Waals surface area contributed by atoms with Crippen molar-refractivity contribution in [1.29, 1.82) is 0 Å². The van der Waals surface area contributed by atoms with E-state index in [4.69, 9.17) is 4.74 Å². The monoisotopic (exact) mass is 305 g/mol. The molecule has 0 bridgehead atoms. The molecule has 0 unspecified atom stereocenters. The van der Waals surface area contributed by atoms with E-state index in [-0.39, 0.29) is 12.0 Å². The molecular weight excluding hydrogens is 286 g/mol. The number of nitrogens with zero attached hydrogens (tertiary/aromatic N) is 3. The van der Waals surface area contributed by atoms with Gasteiger partial charge >= 0.3 is 0 Å². The Morgan fingerprint density at radius 1 is 1.52 bits per heavy atom. The Labute approximate surface area is 127 Å². The van der Waals surface area contributed by atoms with E-state index in [0.29, 0.717) is 5.92 Å². The van der Waals surface area contributed by atoms with Gasteiger partial charge < -0.3 is 14.7 Å². The molecule has 0 aromatic carbocycles. The van der Waals surface area contributed by atoms with E-state index in [2.05, 4.69) is 27.2 Å². The van der Waals surface area contributed by atoms with Crippen molar-refractivity contribution >= 4 is 27.4 Å². The molecule has 2 atom stereocenters. The summed E-state index contributed by atoms with van der Waals surface area (Å²) >= 11 is 1.71. The Bertz CT molecular complexity index is 674. The van der Waals surface area contributed by atoms with Crippen molar-refractivity contribution in [3.05, 3.63) is 17.3 Å². The maximum Gasteiger partial charge on any atom is 0.150 e. The fraction of sp³-hybridized carbons (Fsp3) is 0.600. The number of ether oxygens (including phenoxy) is 1. The predicted molar refractivity (Wildman–Crippen MR) is 82.8 cm³/mol. The number of aliphatic hydroxyl groups excluding tert-OH is 1. The first-order valence-electron chi connectivity index (χ1n) is 7.36. The zero-order valence-electron chi connectivity index (χ0n) is 12.1. The summed E-state index contributed by atoms with van der Waals surface area (Å²) < 4.78 is 6.77. The van der Waals surface area contributed by atoms with Crippen LogP contribution in [-0.4, -0.2) is 48.0 Å². The summed E-state index contributed by atoms with van der Waals surface area (Å²) in [7, 11) is 0. The average molecular weight is 305 g/mol. The molecule has 112 valence electrons. The minimum Gasteiger partial charge on any atom is -0.396 e. The van der Waals surface area contributed by atoms with E-state index in [1.165, 1.54) is 5.56 Å². The summed E-state index contributed by atoms with van der Waals surface area (Å²) in [5, 5.41) is 12.1. The van der Waals surface area contributed by atoms with Crippen LogP contribution in [0, 0.1) is 18.3 Å². The predicted octanol–water partition coefficient (Wildman–Crippen LogP) is 1.83. The van der Waals surface area contributed by atoms with Gasteiger partial charge in [0, 0.05) is 31.0 Å². The Hall–Kier alpha value is -1.24. The highest BCUT2D eigenvalue weighted by molar-refractivity contribution is 7.18. The van der Waals surface area contributed by atoms with Gasteiger partial charge in [-0.3, -0.25) is 0 Å². The van der Waals surface area contributed by atoms with Crippen LogP contribution in [0.3, 0.4) is 0 Å². The fourth-order valence-electron chi connectivity index (χ4n) is 3.65. The van der Waals surface area contributed by atoms with E-state index in [9.17, 15) is 5.11 Å². The number of rotatable bonds is 2. The van der Waals surface area contributed by atoms with Crippen molar-refractivity contribution in [1.82, 2.24) is 9.97 Å². The molecule has 4 rings (SSSR count). The topological polar surface area (TPSA) is 58.5 Å². The van der Waals surface area contributed by atoms with Gasteiger partial charge in [0.05, 0.1) is 23.4 Å². The molecular formula is C15H19N3O2S. The fourth-order valence-corrected chi connectivity index (χ4v) is 4.67. The Morgan fingerprint density at radius 3 is 3.24 bits per heavy atom. The van der Waals surface area contributed by atoms with Crippen molar-refractivity contribution in [2.75, 3.05) is 37.8 Å². The van der Waals surface area contributed by atoms with Crippen LogP contribution in [0.4, 0.5) is 5.82 Å². The smallest absolute Gasteiger partial charge is 0.150 e. The third-order valence-electron chi connectivity index (χ3n) is 5.00. The highest BCUT2D eigenvalue weighted by Crippen LogP contribution is 2.44. The lowest BCUT2D eigenvalue weighted by atomic mass is 9.75. The van der Waals surface area contributed by atoms with Crippen LogP contribution in [0.2, 0.25) is 0 Å². The van der Waals surface area contributed by atoms with Crippen LogP contribution in [0.1, 0.15) is 12.0 Å². The first-order chi connectivity index (χ1) is 10.2. The Morgan fingerprint density at radius 2 is 2.43 bits per heavy atom. The molecule has 21 heavy (non-hydrogen) atoms. The van der Waals surface area contributed by atoms with Gasteiger partial charge in [-0.2, -0.15) is 0 Å². The normalized spacial score (nSPS) is 29.0. The highest BCUT2D eigenvalue weighted by atomic mass is 32.1. The van der Waals surface area contributed by atoms with Gasteiger partial charge in [0.15, 0.2) is 0 Å². The van der Waals surface area contributed by atoms with Crippen molar-refractivity contribution < 1.29 is 9.84 Å². The van der Waals surface area contributed by atoms with Crippen molar-refractivity contribution in [2.45, 2.75) is 13.3 Å². The molecule has 1 N–H and O–H groups in total. The number of aryl methyl sites for hydroxylation is 1. The summed E-state index contributed by atoms with van der Waals surface area (Å²) in [6.45, 7) is 5.58. The molecule has 2 aromatic heterocycles. The number of hydrogen-bond donors (Lipinski definition) is 1. The van der Waals surface area contributed by atoms with Gasteiger partial charge in [-0.15, -0.1) is 11.3 Å². The van der Waals surface area contributed by atoms with Crippen LogP contribution < -0.4 is 4.90 Å². The van der Waals surface area contributed by atoms with E-state index in [1.807, 2.05) is 0 Å². The number of anilines is 1. The van der Waals surface area contributed by atoms with Crippen molar-refractivity contribution in [3.8, 4) is 0 Å². The molecule has 2 fully saturated rings. The molecule has 0 saturated carbocycles. The average Bonchev–Trinajstić information content (AvgIpc) is 3.09. The minimum absolute atomic E-state index is 0.0260. The molecule has 0 radical (unpaired) electrons. The van der Waals surface area contributed by atoms with Gasteiger partial charge in [0.2, 0.25) is 0 Å². The number of thiophene rings is 1. The minimum atomic E-state index is -0.0260. The summed E-state index contributed by atoms with van der Waals surface area (Å²) in [4.78, 5) is 11.2. The Kier molecular flexibility index (Phi) is 3.13. The standard InChI is InChI=1S/C15H19N3O2S/c1-10-6-21-13-12(10)16-9-17-14(13)18-4-11-5-20-3-2-15(11,7-18)8-19/h6,9,11,19H,2-5,7-8H2,1H3/t11-,15-/m1/s1. The SMILES string of the molecule is Cc1csc2c(N3C[C@@H]4COCC[C@]4(CO)C3)ncnc12. The molecule has 6 heteroatoms.